The standard InChI is InChI=1S/C14H21NO3/c1-11-3-5-13(6-4-11)10-15(9-12(2)16)8-7-14(17)18/h3-6,12,16H,7-10H2,1-2H3,(H,17,18). The van der Waals surface area contributed by atoms with Gasteiger partial charge in [-0.25, -0.2) is 0 Å². The Morgan fingerprint density at radius 3 is 2.44 bits per heavy atom. The van der Waals surface area contributed by atoms with Crippen molar-refractivity contribution in [3.05, 3.63) is 35.4 Å². The average molecular weight is 251 g/mol. The molecule has 18 heavy (non-hydrogen) atoms. The highest BCUT2D eigenvalue weighted by Gasteiger charge is 2.10. The second kappa shape index (κ2) is 7.13. The van der Waals surface area contributed by atoms with Gasteiger partial charge in [0.1, 0.15) is 0 Å². The number of rotatable bonds is 7. The third-order valence-electron chi connectivity index (χ3n) is 2.69. The number of carbonyl (C=O) groups is 1. The van der Waals surface area contributed by atoms with Crippen LogP contribution in [-0.4, -0.2) is 40.3 Å². The maximum atomic E-state index is 10.6. The van der Waals surface area contributed by atoms with Gasteiger partial charge in [0.15, 0.2) is 0 Å². The van der Waals surface area contributed by atoms with Gasteiger partial charge in [0.05, 0.1) is 12.5 Å². The molecule has 0 spiro atoms. The number of hydrogen-bond acceptors (Lipinski definition) is 3. The lowest BCUT2D eigenvalue weighted by Gasteiger charge is -2.23. The van der Waals surface area contributed by atoms with E-state index in [1.165, 1.54) is 5.56 Å². The summed E-state index contributed by atoms with van der Waals surface area (Å²) in [6.07, 6.45) is -0.359. The molecule has 1 atom stereocenters. The second-order valence-electron chi connectivity index (χ2n) is 4.71. The van der Waals surface area contributed by atoms with Gasteiger partial charge in [-0.2, -0.15) is 0 Å². The molecule has 0 amide bonds. The van der Waals surface area contributed by atoms with Crippen molar-refractivity contribution in [2.24, 2.45) is 0 Å². The molecule has 0 aliphatic carbocycles. The minimum atomic E-state index is -0.811. The molecule has 100 valence electrons. The van der Waals surface area contributed by atoms with E-state index in [0.717, 1.165) is 5.56 Å². The summed E-state index contributed by atoms with van der Waals surface area (Å²) in [5.74, 6) is -0.811. The molecule has 0 radical (unpaired) electrons. The summed E-state index contributed by atoms with van der Waals surface area (Å²) in [6.45, 7) is 5.35. The van der Waals surface area contributed by atoms with E-state index in [1.807, 2.05) is 36.1 Å². The Hall–Kier alpha value is -1.39. The SMILES string of the molecule is Cc1ccc(CN(CCC(=O)O)CC(C)O)cc1. The molecule has 4 nitrogen and oxygen atoms in total. The summed E-state index contributed by atoms with van der Waals surface area (Å²) in [4.78, 5) is 12.6. The van der Waals surface area contributed by atoms with Crippen LogP contribution in [0, 0.1) is 6.92 Å². The molecule has 2 N–H and O–H groups in total. The minimum absolute atomic E-state index is 0.0958. The number of aryl methyl sites for hydroxylation is 1. The van der Waals surface area contributed by atoms with Gasteiger partial charge in [-0.05, 0) is 19.4 Å². The molecular formula is C14H21NO3. The Kier molecular flexibility index (Phi) is 5.82. The lowest BCUT2D eigenvalue weighted by Crippen LogP contribution is -2.32. The van der Waals surface area contributed by atoms with Crippen molar-refractivity contribution in [3.8, 4) is 0 Å². The monoisotopic (exact) mass is 251 g/mol. The zero-order chi connectivity index (χ0) is 13.5. The van der Waals surface area contributed by atoms with Crippen LogP contribution in [0.2, 0.25) is 0 Å². The second-order valence-corrected chi connectivity index (χ2v) is 4.71. The van der Waals surface area contributed by atoms with E-state index < -0.39 is 12.1 Å². The zero-order valence-corrected chi connectivity index (χ0v) is 11.0. The molecule has 0 bridgehead atoms. The maximum absolute atomic E-state index is 10.6. The van der Waals surface area contributed by atoms with E-state index >= 15 is 0 Å². The van der Waals surface area contributed by atoms with E-state index in [1.54, 1.807) is 6.92 Å². The van der Waals surface area contributed by atoms with Crippen molar-refractivity contribution in [2.75, 3.05) is 13.1 Å². The van der Waals surface area contributed by atoms with Crippen LogP contribution in [0.5, 0.6) is 0 Å². The lowest BCUT2D eigenvalue weighted by atomic mass is 10.1. The number of nitrogens with zero attached hydrogens (tertiary/aromatic N) is 1. The Bertz CT molecular complexity index is 373. The van der Waals surface area contributed by atoms with Gasteiger partial charge in [-0.15, -0.1) is 0 Å². The molecule has 0 aliphatic heterocycles. The van der Waals surface area contributed by atoms with Crippen molar-refractivity contribution in [1.82, 2.24) is 4.90 Å². The third kappa shape index (κ3) is 5.80. The zero-order valence-electron chi connectivity index (χ0n) is 11.0. The molecule has 4 heteroatoms. The first-order valence-corrected chi connectivity index (χ1v) is 6.15. The number of hydrogen-bond donors (Lipinski definition) is 2. The Balaban J connectivity index is 2.59. The summed E-state index contributed by atoms with van der Waals surface area (Å²) in [6, 6.07) is 8.14. The summed E-state index contributed by atoms with van der Waals surface area (Å²) >= 11 is 0. The number of aliphatic carboxylic acids is 1. The summed E-state index contributed by atoms with van der Waals surface area (Å²) in [5, 5.41) is 18.1. The molecule has 0 fully saturated rings. The lowest BCUT2D eigenvalue weighted by molar-refractivity contribution is -0.137. The first-order valence-electron chi connectivity index (χ1n) is 6.15. The van der Waals surface area contributed by atoms with Crippen molar-refractivity contribution < 1.29 is 15.0 Å². The fourth-order valence-corrected chi connectivity index (χ4v) is 1.81. The van der Waals surface area contributed by atoms with Crippen LogP contribution in [0.4, 0.5) is 0 Å². The topological polar surface area (TPSA) is 60.8 Å². The summed E-state index contributed by atoms with van der Waals surface area (Å²) in [7, 11) is 0. The van der Waals surface area contributed by atoms with Crippen molar-refractivity contribution in [2.45, 2.75) is 32.9 Å². The van der Waals surface area contributed by atoms with Crippen LogP contribution >= 0.6 is 0 Å². The van der Waals surface area contributed by atoms with Crippen molar-refractivity contribution in [3.63, 3.8) is 0 Å². The molecule has 1 rings (SSSR count). The Morgan fingerprint density at radius 2 is 1.94 bits per heavy atom. The molecule has 0 heterocycles. The van der Waals surface area contributed by atoms with Crippen LogP contribution in [-0.2, 0) is 11.3 Å². The van der Waals surface area contributed by atoms with Crippen molar-refractivity contribution in [1.29, 1.82) is 0 Å². The highest BCUT2D eigenvalue weighted by atomic mass is 16.4. The van der Waals surface area contributed by atoms with Crippen LogP contribution in [0.15, 0.2) is 24.3 Å². The molecule has 0 saturated carbocycles. The fraction of sp³-hybridized carbons (Fsp3) is 0.500. The summed E-state index contributed by atoms with van der Waals surface area (Å²) in [5.41, 5.74) is 2.33. The van der Waals surface area contributed by atoms with Crippen LogP contribution in [0.25, 0.3) is 0 Å². The number of aliphatic hydroxyl groups excluding tert-OH is 1. The number of benzene rings is 1. The van der Waals surface area contributed by atoms with Crippen LogP contribution in [0.3, 0.4) is 0 Å². The molecule has 0 aliphatic rings. The van der Waals surface area contributed by atoms with Gasteiger partial charge in [-0.1, -0.05) is 29.8 Å². The van der Waals surface area contributed by atoms with E-state index in [0.29, 0.717) is 19.6 Å². The average Bonchev–Trinajstić information content (AvgIpc) is 2.28. The predicted molar refractivity (Wildman–Crippen MR) is 70.4 cm³/mol. The van der Waals surface area contributed by atoms with Gasteiger partial charge >= 0.3 is 5.97 Å². The summed E-state index contributed by atoms with van der Waals surface area (Å²) < 4.78 is 0. The van der Waals surface area contributed by atoms with Crippen LogP contribution < -0.4 is 0 Å². The van der Waals surface area contributed by atoms with E-state index in [9.17, 15) is 9.90 Å². The molecule has 1 aromatic carbocycles. The normalized spacial score (nSPS) is 12.7. The van der Waals surface area contributed by atoms with Gasteiger partial charge in [-0.3, -0.25) is 9.69 Å². The number of carboxylic acids is 1. The quantitative estimate of drug-likeness (QED) is 0.773. The predicted octanol–water partition coefficient (Wildman–Crippen LogP) is 1.65. The molecule has 1 aromatic rings. The van der Waals surface area contributed by atoms with Crippen molar-refractivity contribution >= 4 is 5.97 Å². The first kappa shape index (κ1) is 14.7. The molecule has 0 aromatic heterocycles. The smallest absolute Gasteiger partial charge is 0.304 e. The molecular weight excluding hydrogens is 230 g/mol. The van der Waals surface area contributed by atoms with Crippen LogP contribution in [0.1, 0.15) is 24.5 Å². The number of aliphatic hydroxyl groups is 1. The Labute approximate surface area is 108 Å². The largest absolute Gasteiger partial charge is 0.481 e. The number of carboxylic acid groups (broad SMARTS) is 1. The van der Waals surface area contributed by atoms with Gasteiger partial charge in [0.2, 0.25) is 0 Å². The van der Waals surface area contributed by atoms with Gasteiger partial charge < -0.3 is 10.2 Å². The third-order valence-corrected chi connectivity index (χ3v) is 2.69. The highest BCUT2D eigenvalue weighted by Crippen LogP contribution is 2.08. The van der Waals surface area contributed by atoms with E-state index in [2.05, 4.69) is 0 Å². The molecule has 1 unspecified atom stereocenters. The van der Waals surface area contributed by atoms with Gasteiger partial charge in [0.25, 0.3) is 0 Å². The maximum Gasteiger partial charge on any atom is 0.304 e. The Morgan fingerprint density at radius 1 is 1.33 bits per heavy atom. The fourth-order valence-electron chi connectivity index (χ4n) is 1.81. The molecule has 0 saturated heterocycles. The van der Waals surface area contributed by atoms with E-state index in [4.69, 9.17) is 5.11 Å². The van der Waals surface area contributed by atoms with Gasteiger partial charge in [0, 0.05) is 19.6 Å². The minimum Gasteiger partial charge on any atom is -0.481 e. The highest BCUT2D eigenvalue weighted by molar-refractivity contribution is 5.66. The van der Waals surface area contributed by atoms with E-state index in [-0.39, 0.29) is 6.42 Å². The first-order chi connectivity index (χ1) is 8.47.